The lowest BCUT2D eigenvalue weighted by Crippen LogP contribution is -2.17. The second kappa shape index (κ2) is 4.44. The minimum absolute atomic E-state index is 0.0306. The maximum absolute atomic E-state index is 13.4. The average Bonchev–Trinajstić information content (AvgIpc) is 2.90. The Labute approximate surface area is 115 Å². The number of fused-ring (bicyclic) bond motifs is 1. The van der Waals surface area contributed by atoms with Crippen molar-refractivity contribution in [3.05, 3.63) is 58.4 Å². The Morgan fingerprint density at radius 3 is 2.70 bits per heavy atom. The van der Waals surface area contributed by atoms with E-state index in [0.717, 1.165) is 29.3 Å². The highest BCUT2D eigenvalue weighted by Gasteiger charge is 2.29. The summed E-state index contributed by atoms with van der Waals surface area (Å²) in [5, 5.41) is 0. The molecule has 2 N–H and O–H groups in total. The lowest BCUT2D eigenvalue weighted by Gasteiger charge is -2.10. The maximum Gasteiger partial charge on any atom is 0.265 e. The van der Waals surface area contributed by atoms with Gasteiger partial charge >= 0.3 is 0 Å². The zero-order valence-corrected chi connectivity index (χ0v) is 11.0. The quantitative estimate of drug-likeness (QED) is 0.900. The lowest BCUT2D eigenvalue weighted by molar-refractivity contribution is 0.0991. The number of nitrogens with two attached hydrogens (primary N) is 1. The number of rotatable bonds is 2. The molecular formula is C15H14F2N2O. The Morgan fingerprint density at radius 1 is 1.30 bits per heavy atom. The average molecular weight is 276 g/mol. The molecule has 0 bridgehead atoms. The van der Waals surface area contributed by atoms with Crippen molar-refractivity contribution in [3.8, 4) is 0 Å². The van der Waals surface area contributed by atoms with Crippen LogP contribution in [-0.4, -0.2) is 10.5 Å². The molecule has 20 heavy (non-hydrogen) atoms. The normalized spacial score (nSPS) is 17.2. The third-order valence-corrected chi connectivity index (χ3v) is 3.90. The van der Waals surface area contributed by atoms with Crippen molar-refractivity contribution in [2.75, 3.05) is 0 Å². The van der Waals surface area contributed by atoms with E-state index in [1.807, 2.05) is 17.6 Å². The molecule has 1 atom stereocenters. The van der Waals surface area contributed by atoms with E-state index in [2.05, 4.69) is 0 Å². The van der Waals surface area contributed by atoms with Crippen LogP contribution in [0.4, 0.5) is 8.78 Å². The van der Waals surface area contributed by atoms with E-state index in [0.29, 0.717) is 12.2 Å². The van der Waals surface area contributed by atoms with Gasteiger partial charge in [-0.25, -0.2) is 8.78 Å². The number of amides is 1. The van der Waals surface area contributed by atoms with E-state index < -0.39 is 17.5 Å². The van der Waals surface area contributed by atoms with Crippen LogP contribution in [-0.2, 0) is 6.54 Å². The molecule has 0 saturated heterocycles. The first kappa shape index (κ1) is 12.8. The molecule has 0 spiro atoms. The van der Waals surface area contributed by atoms with Gasteiger partial charge < -0.3 is 10.3 Å². The Bertz CT molecular complexity index is 706. The van der Waals surface area contributed by atoms with Crippen LogP contribution >= 0.6 is 0 Å². The number of hydrogen-bond acceptors (Lipinski definition) is 1. The zero-order valence-electron chi connectivity index (χ0n) is 11.0. The lowest BCUT2D eigenvalue weighted by atomic mass is 9.94. The number of hydrogen-bond donors (Lipinski definition) is 1. The fourth-order valence-corrected chi connectivity index (χ4v) is 3.04. The molecule has 1 amide bonds. The topological polar surface area (TPSA) is 48.0 Å². The van der Waals surface area contributed by atoms with Crippen molar-refractivity contribution in [2.45, 2.75) is 25.8 Å². The van der Waals surface area contributed by atoms with Crippen LogP contribution in [0.25, 0.3) is 0 Å². The van der Waals surface area contributed by atoms with Gasteiger partial charge in [0.15, 0.2) is 11.6 Å². The molecule has 3 nitrogen and oxygen atoms in total. The fraction of sp³-hybridized carbons (Fsp3) is 0.267. The number of benzene rings is 1. The van der Waals surface area contributed by atoms with Crippen LogP contribution in [0.3, 0.4) is 0 Å². The van der Waals surface area contributed by atoms with Gasteiger partial charge in [-0.1, -0.05) is 6.07 Å². The van der Waals surface area contributed by atoms with Crippen molar-refractivity contribution in [1.82, 2.24) is 4.57 Å². The zero-order chi connectivity index (χ0) is 14.4. The summed E-state index contributed by atoms with van der Waals surface area (Å²) in [6, 6.07) is 5.85. The third kappa shape index (κ3) is 1.81. The van der Waals surface area contributed by atoms with Crippen molar-refractivity contribution in [3.63, 3.8) is 0 Å². The van der Waals surface area contributed by atoms with Crippen LogP contribution in [0.2, 0.25) is 0 Å². The van der Waals surface area contributed by atoms with Gasteiger partial charge in [-0.3, -0.25) is 4.79 Å². The molecule has 104 valence electrons. The van der Waals surface area contributed by atoms with Crippen molar-refractivity contribution < 1.29 is 13.6 Å². The summed E-state index contributed by atoms with van der Waals surface area (Å²) in [5.74, 6) is -2.19. The van der Waals surface area contributed by atoms with Crippen LogP contribution in [0.5, 0.6) is 0 Å². The number of halogens is 2. The highest BCUT2D eigenvalue weighted by Crippen LogP contribution is 2.37. The summed E-state index contributed by atoms with van der Waals surface area (Å²) in [4.78, 5) is 11.5. The van der Waals surface area contributed by atoms with E-state index in [9.17, 15) is 13.6 Å². The summed E-state index contributed by atoms with van der Waals surface area (Å²) in [5.41, 5.74) is 8.37. The molecule has 2 aromatic rings. The van der Waals surface area contributed by atoms with Crippen LogP contribution in [0, 0.1) is 18.6 Å². The molecule has 1 aliphatic rings. The first-order chi connectivity index (χ1) is 9.49. The van der Waals surface area contributed by atoms with E-state index >= 15 is 0 Å². The molecule has 0 aliphatic carbocycles. The van der Waals surface area contributed by atoms with Crippen molar-refractivity contribution in [1.29, 1.82) is 0 Å². The highest BCUT2D eigenvalue weighted by atomic mass is 19.2. The number of aryl methyl sites for hydroxylation is 1. The largest absolute Gasteiger partial charge is 0.364 e. The van der Waals surface area contributed by atoms with E-state index in [-0.39, 0.29) is 5.92 Å². The predicted octanol–water partition coefficient (Wildman–Crippen LogP) is 2.71. The predicted molar refractivity (Wildman–Crippen MR) is 70.5 cm³/mol. The van der Waals surface area contributed by atoms with Crippen LogP contribution < -0.4 is 5.73 Å². The number of aromatic nitrogens is 1. The van der Waals surface area contributed by atoms with Gasteiger partial charge in [0.1, 0.15) is 5.69 Å². The SMILES string of the molecule is Cc1cc2n(c1C(N)=O)CCC2c1ccc(F)c(F)c1. The first-order valence-corrected chi connectivity index (χ1v) is 6.44. The molecule has 0 fully saturated rings. The molecule has 1 unspecified atom stereocenters. The fourth-order valence-electron chi connectivity index (χ4n) is 3.04. The van der Waals surface area contributed by atoms with E-state index in [1.54, 1.807) is 6.07 Å². The van der Waals surface area contributed by atoms with Gasteiger partial charge in [-0.2, -0.15) is 0 Å². The van der Waals surface area contributed by atoms with Crippen molar-refractivity contribution in [2.24, 2.45) is 5.73 Å². The highest BCUT2D eigenvalue weighted by molar-refractivity contribution is 5.93. The van der Waals surface area contributed by atoms with Crippen LogP contribution in [0.1, 0.15) is 39.6 Å². The standard InChI is InChI=1S/C15H14F2N2O/c1-8-6-13-10(4-5-19(13)14(8)15(18)20)9-2-3-11(16)12(17)7-9/h2-3,6-7,10H,4-5H2,1H3,(H2,18,20). The minimum atomic E-state index is -0.851. The second-order valence-corrected chi connectivity index (χ2v) is 5.13. The summed E-state index contributed by atoms with van der Waals surface area (Å²) >= 11 is 0. The molecule has 3 rings (SSSR count). The third-order valence-electron chi connectivity index (χ3n) is 3.90. The second-order valence-electron chi connectivity index (χ2n) is 5.13. The van der Waals surface area contributed by atoms with Crippen LogP contribution in [0.15, 0.2) is 24.3 Å². The smallest absolute Gasteiger partial charge is 0.265 e. The molecule has 0 saturated carbocycles. The van der Waals surface area contributed by atoms with E-state index in [1.165, 1.54) is 6.07 Å². The van der Waals surface area contributed by atoms with Crippen molar-refractivity contribution >= 4 is 5.91 Å². The number of carbonyl (C=O) groups is 1. The maximum atomic E-state index is 13.4. The summed E-state index contributed by atoms with van der Waals surface area (Å²) in [6.07, 6.45) is 0.751. The van der Waals surface area contributed by atoms with Gasteiger partial charge in [-0.15, -0.1) is 0 Å². The monoisotopic (exact) mass is 276 g/mol. The molecule has 1 aromatic carbocycles. The number of carbonyl (C=O) groups excluding carboxylic acids is 1. The summed E-state index contributed by atoms with van der Waals surface area (Å²) in [6.45, 7) is 2.48. The number of primary amides is 1. The van der Waals surface area contributed by atoms with Gasteiger partial charge in [0.05, 0.1) is 0 Å². The summed E-state index contributed by atoms with van der Waals surface area (Å²) < 4.78 is 28.3. The molecule has 0 radical (unpaired) electrons. The minimum Gasteiger partial charge on any atom is -0.364 e. The van der Waals surface area contributed by atoms with E-state index in [4.69, 9.17) is 5.73 Å². The van der Waals surface area contributed by atoms with Gasteiger partial charge in [-0.05, 0) is 42.7 Å². The van der Waals surface area contributed by atoms with Gasteiger partial charge in [0, 0.05) is 18.2 Å². The van der Waals surface area contributed by atoms with Gasteiger partial charge in [0.25, 0.3) is 5.91 Å². The molecule has 1 aromatic heterocycles. The Kier molecular flexibility index (Phi) is 2.85. The Morgan fingerprint density at radius 2 is 2.05 bits per heavy atom. The molecular weight excluding hydrogens is 262 g/mol. The molecule has 1 aliphatic heterocycles. The Hall–Kier alpha value is -2.17. The van der Waals surface area contributed by atoms with Gasteiger partial charge in [0.2, 0.25) is 0 Å². The first-order valence-electron chi connectivity index (χ1n) is 6.44. The Balaban J connectivity index is 2.07. The number of nitrogens with zero attached hydrogens (tertiary/aromatic N) is 1. The molecule has 5 heteroatoms. The summed E-state index contributed by atoms with van der Waals surface area (Å²) in [7, 11) is 0. The molecule has 2 heterocycles.